The maximum Gasteiger partial charge on any atom is 0.284 e. The van der Waals surface area contributed by atoms with Crippen molar-refractivity contribution in [3.63, 3.8) is 0 Å². The number of carbonyl (C=O) groups is 1. The average Bonchev–Trinajstić information content (AvgIpc) is 3.52. The van der Waals surface area contributed by atoms with Gasteiger partial charge >= 0.3 is 0 Å². The summed E-state index contributed by atoms with van der Waals surface area (Å²) in [6.45, 7) is 9.05. The number of primary amides is 1. The molecule has 1 aliphatic rings. The molecule has 1 amide bonds. The van der Waals surface area contributed by atoms with E-state index in [2.05, 4.69) is 47.3 Å². The monoisotopic (exact) mass is 528 g/mol. The summed E-state index contributed by atoms with van der Waals surface area (Å²) in [5.74, 6) is -0.367. The molecule has 0 aliphatic carbocycles. The van der Waals surface area contributed by atoms with E-state index in [-0.39, 0.29) is 5.76 Å². The fourth-order valence-corrected chi connectivity index (χ4v) is 5.30. The summed E-state index contributed by atoms with van der Waals surface area (Å²) in [6, 6.07) is 15.7. The van der Waals surface area contributed by atoms with Crippen LogP contribution in [-0.4, -0.2) is 53.5 Å². The summed E-state index contributed by atoms with van der Waals surface area (Å²) < 4.78 is 7.50. The van der Waals surface area contributed by atoms with E-state index in [0.717, 1.165) is 74.0 Å². The van der Waals surface area contributed by atoms with Gasteiger partial charge in [0.05, 0.1) is 22.5 Å². The van der Waals surface area contributed by atoms with E-state index in [1.54, 1.807) is 6.07 Å². The standard InChI is InChI=1S/C29H32N6O2S/c1-19(29(32)38)35-18-21(24-14-20(17-30)5-7-25(24)35)4-2-3-9-33-10-12-34(13-11-33)23-6-8-26-22(15-23)16-27(37-26)28(31)36/h5-8,14-16,18,29,38H,1-4,9-13,32H2,(H2,31,36). The lowest BCUT2D eigenvalue weighted by Crippen LogP contribution is -2.46. The van der Waals surface area contributed by atoms with Gasteiger partial charge in [-0.15, -0.1) is 0 Å². The molecule has 0 spiro atoms. The first kappa shape index (κ1) is 25.9. The van der Waals surface area contributed by atoms with Crippen LogP contribution in [0.5, 0.6) is 0 Å². The number of hydrogen-bond acceptors (Lipinski definition) is 7. The Kier molecular flexibility index (Phi) is 7.47. The third-order valence-corrected chi connectivity index (χ3v) is 7.62. The number of furan rings is 1. The highest BCUT2D eigenvalue weighted by Crippen LogP contribution is 2.29. The summed E-state index contributed by atoms with van der Waals surface area (Å²) in [5.41, 5.74) is 16.7. The van der Waals surface area contributed by atoms with Gasteiger partial charge in [0.15, 0.2) is 5.76 Å². The fraction of sp³-hybridized carbons (Fsp3) is 0.310. The number of fused-ring (bicyclic) bond motifs is 2. The molecule has 4 aromatic rings. The van der Waals surface area contributed by atoms with Crippen molar-refractivity contribution in [3.05, 3.63) is 72.1 Å². The van der Waals surface area contributed by atoms with Gasteiger partial charge in [0.2, 0.25) is 0 Å². The van der Waals surface area contributed by atoms with Crippen LogP contribution in [0.25, 0.3) is 27.6 Å². The van der Waals surface area contributed by atoms with Gasteiger partial charge < -0.3 is 25.4 Å². The number of piperazine rings is 1. The normalized spacial score (nSPS) is 15.1. The Bertz CT molecular complexity index is 1540. The Hall–Kier alpha value is -3.71. The van der Waals surface area contributed by atoms with Gasteiger partial charge in [-0.1, -0.05) is 6.58 Å². The number of anilines is 1. The first-order chi connectivity index (χ1) is 18.3. The maximum atomic E-state index is 11.4. The number of thiol groups is 1. The quantitative estimate of drug-likeness (QED) is 0.170. The number of nitrogens with two attached hydrogens (primary N) is 2. The first-order valence-corrected chi connectivity index (χ1v) is 13.3. The number of amides is 1. The molecule has 2 aromatic heterocycles. The number of unbranched alkanes of at least 4 members (excludes halogenated alkanes) is 1. The summed E-state index contributed by atoms with van der Waals surface area (Å²) in [4.78, 5) is 16.3. The van der Waals surface area contributed by atoms with Gasteiger partial charge in [0, 0.05) is 54.5 Å². The highest BCUT2D eigenvalue weighted by Gasteiger charge is 2.19. The molecular formula is C29H32N6O2S. The van der Waals surface area contributed by atoms with Gasteiger partial charge in [-0.2, -0.15) is 17.9 Å². The van der Waals surface area contributed by atoms with Crippen molar-refractivity contribution in [2.24, 2.45) is 11.5 Å². The van der Waals surface area contributed by atoms with Crippen LogP contribution in [0.4, 0.5) is 5.69 Å². The molecule has 9 heteroatoms. The van der Waals surface area contributed by atoms with Crippen LogP contribution in [0, 0.1) is 11.3 Å². The Morgan fingerprint density at radius 3 is 2.63 bits per heavy atom. The zero-order valence-electron chi connectivity index (χ0n) is 21.3. The predicted molar refractivity (Wildman–Crippen MR) is 155 cm³/mol. The van der Waals surface area contributed by atoms with Crippen molar-refractivity contribution in [1.82, 2.24) is 9.47 Å². The van der Waals surface area contributed by atoms with Crippen LogP contribution >= 0.6 is 12.6 Å². The lowest BCUT2D eigenvalue weighted by Gasteiger charge is -2.36. The molecule has 8 nitrogen and oxygen atoms in total. The Morgan fingerprint density at radius 1 is 1.13 bits per heavy atom. The molecule has 1 aliphatic heterocycles. The highest BCUT2D eigenvalue weighted by atomic mass is 32.1. The van der Waals surface area contributed by atoms with Crippen LogP contribution in [0.2, 0.25) is 0 Å². The van der Waals surface area contributed by atoms with E-state index in [1.165, 1.54) is 5.56 Å². The molecule has 1 fully saturated rings. The van der Waals surface area contributed by atoms with Gasteiger partial charge in [-0.3, -0.25) is 9.69 Å². The molecule has 1 atom stereocenters. The molecular weight excluding hydrogens is 496 g/mol. The van der Waals surface area contributed by atoms with E-state index < -0.39 is 11.3 Å². The molecule has 5 rings (SSSR count). The SMILES string of the molecule is C=C(C(N)S)n1cc(CCCCN2CCN(c3ccc4oc(C(N)=O)cc4c3)CC2)c2cc(C#N)ccc21. The molecule has 1 unspecified atom stereocenters. The second-order valence-electron chi connectivity index (χ2n) is 9.79. The number of nitrogens with zero attached hydrogens (tertiary/aromatic N) is 4. The summed E-state index contributed by atoms with van der Waals surface area (Å²) in [6.07, 6.45) is 5.15. The Balaban J connectivity index is 1.15. The zero-order chi connectivity index (χ0) is 26.8. The van der Waals surface area contributed by atoms with Crippen molar-refractivity contribution in [2.45, 2.75) is 24.6 Å². The molecule has 3 heterocycles. The molecule has 1 saturated heterocycles. The van der Waals surface area contributed by atoms with Gasteiger partial charge in [-0.05, 0) is 73.8 Å². The van der Waals surface area contributed by atoms with Crippen LogP contribution in [-0.2, 0) is 6.42 Å². The second kappa shape index (κ2) is 11.0. The van der Waals surface area contributed by atoms with Crippen LogP contribution in [0.15, 0.2) is 59.7 Å². The van der Waals surface area contributed by atoms with E-state index in [9.17, 15) is 10.1 Å². The fourth-order valence-electron chi connectivity index (χ4n) is 5.18. The first-order valence-electron chi connectivity index (χ1n) is 12.8. The topological polar surface area (TPSA) is 117 Å². The second-order valence-corrected chi connectivity index (χ2v) is 10.3. The molecule has 0 bridgehead atoms. The number of carbonyl (C=O) groups excluding carboxylic acids is 1. The van der Waals surface area contributed by atoms with E-state index in [0.29, 0.717) is 16.8 Å². The zero-order valence-corrected chi connectivity index (χ0v) is 22.2. The smallest absolute Gasteiger partial charge is 0.284 e. The van der Waals surface area contributed by atoms with Crippen LogP contribution in [0.3, 0.4) is 0 Å². The van der Waals surface area contributed by atoms with Crippen molar-refractivity contribution >= 4 is 51.8 Å². The van der Waals surface area contributed by atoms with E-state index in [4.69, 9.17) is 15.9 Å². The number of aryl methyl sites for hydroxylation is 1. The Morgan fingerprint density at radius 2 is 1.92 bits per heavy atom. The number of benzene rings is 2. The minimum Gasteiger partial charge on any atom is -0.451 e. The summed E-state index contributed by atoms with van der Waals surface area (Å²) in [7, 11) is 0. The number of aromatic nitrogens is 1. The minimum atomic E-state index is -0.554. The van der Waals surface area contributed by atoms with Gasteiger partial charge in [-0.25, -0.2) is 0 Å². The number of rotatable bonds is 9. The summed E-state index contributed by atoms with van der Waals surface area (Å²) >= 11 is 4.35. The largest absolute Gasteiger partial charge is 0.451 e. The van der Waals surface area contributed by atoms with E-state index >= 15 is 0 Å². The minimum absolute atomic E-state index is 0.187. The Labute approximate surface area is 227 Å². The van der Waals surface area contributed by atoms with Crippen LogP contribution < -0.4 is 16.4 Å². The average molecular weight is 529 g/mol. The van der Waals surface area contributed by atoms with Crippen molar-refractivity contribution < 1.29 is 9.21 Å². The number of nitriles is 1. The molecule has 0 saturated carbocycles. The highest BCUT2D eigenvalue weighted by molar-refractivity contribution is 7.81. The van der Waals surface area contributed by atoms with Crippen LogP contribution in [0.1, 0.15) is 34.5 Å². The number of hydrogen-bond donors (Lipinski definition) is 3. The lowest BCUT2D eigenvalue weighted by molar-refractivity contribution is 0.0976. The van der Waals surface area contributed by atoms with Gasteiger partial charge in [0.1, 0.15) is 5.58 Å². The molecule has 4 N–H and O–H groups in total. The lowest BCUT2D eigenvalue weighted by atomic mass is 10.0. The predicted octanol–water partition coefficient (Wildman–Crippen LogP) is 4.19. The van der Waals surface area contributed by atoms with Crippen molar-refractivity contribution in [1.29, 1.82) is 5.26 Å². The third kappa shape index (κ3) is 5.29. The maximum absolute atomic E-state index is 11.4. The van der Waals surface area contributed by atoms with E-state index in [1.807, 2.05) is 34.9 Å². The molecule has 196 valence electrons. The van der Waals surface area contributed by atoms with Crippen molar-refractivity contribution in [2.75, 3.05) is 37.6 Å². The summed E-state index contributed by atoms with van der Waals surface area (Å²) in [5, 5.41) is 10.9. The molecule has 38 heavy (non-hydrogen) atoms. The van der Waals surface area contributed by atoms with Gasteiger partial charge in [0.25, 0.3) is 5.91 Å². The third-order valence-electron chi connectivity index (χ3n) is 7.32. The van der Waals surface area contributed by atoms with Crippen molar-refractivity contribution in [3.8, 4) is 6.07 Å². The molecule has 0 radical (unpaired) electrons. The molecule has 2 aromatic carbocycles.